The molecule has 16 heavy (non-hydrogen) atoms. The van der Waals surface area contributed by atoms with Crippen LogP contribution in [0.15, 0.2) is 44.7 Å². The summed E-state index contributed by atoms with van der Waals surface area (Å²) in [6, 6.07) is 8.26. The van der Waals surface area contributed by atoms with Crippen molar-refractivity contribution < 1.29 is 0 Å². The standard InChI is InChI=1S/C6H5N9Si/c7-10-13-16(14-11-8,15-12-9)6-4-2-1-3-5-6/h1-5H. The largest absolute Gasteiger partial charge is 0.379 e. The molecule has 1 aromatic rings. The minimum Gasteiger partial charge on any atom is -0.105 e. The molecular weight excluding hydrogens is 226 g/mol. The first-order valence-electron chi connectivity index (χ1n) is 4.03. The first-order chi connectivity index (χ1) is 7.79. The molecule has 0 saturated carbocycles. The van der Waals surface area contributed by atoms with E-state index in [1.807, 2.05) is 0 Å². The molecule has 0 aliphatic carbocycles. The molecule has 0 saturated heterocycles. The molecule has 0 spiro atoms. The normalized spacial score (nSPS) is 12.2. The maximum absolute atomic E-state index is 8.44. The van der Waals surface area contributed by atoms with Gasteiger partial charge in [0.2, 0.25) is 0 Å². The molecule has 0 aromatic heterocycles. The molecule has 0 heterocycles. The van der Waals surface area contributed by atoms with Gasteiger partial charge >= 0.3 is 8.56 Å². The van der Waals surface area contributed by atoms with Crippen LogP contribution in [0.5, 0.6) is 0 Å². The highest BCUT2D eigenvalue weighted by molar-refractivity contribution is 6.87. The number of azide groups is 1. The SMILES string of the molecule is [N-]=[N+]=N[Si](N=[N+]=[N-])(N=[N+]=[N-])c1ccccc1. The van der Waals surface area contributed by atoms with Crippen LogP contribution in [0, 0.1) is 0 Å². The molecule has 0 radical (unpaired) electrons. The molecule has 78 valence electrons. The van der Waals surface area contributed by atoms with E-state index in [1.54, 1.807) is 30.3 Å². The molecule has 1 rings (SSSR count). The topological polar surface area (TPSA) is 146 Å². The zero-order chi connectivity index (χ0) is 11.9. The molecule has 0 aliphatic heterocycles. The summed E-state index contributed by atoms with van der Waals surface area (Å²) in [5, 5.41) is 0.434. The number of hydrogen-bond acceptors (Lipinski definition) is 3. The van der Waals surface area contributed by atoms with Gasteiger partial charge < -0.3 is 0 Å². The average Bonchev–Trinajstić information content (AvgIpc) is 2.31. The van der Waals surface area contributed by atoms with Crippen molar-refractivity contribution in [1.29, 1.82) is 0 Å². The van der Waals surface area contributed by atoms with E-state index in [9.17, 15) is 0 Å². The van der Waals surface area contributed by atoms with E-state index < -0.39 is 8.56 Å². The fourth-order valence-electron chi connectivity index (χ4n) is 1.08. The molecule has 9 nitrogen and oxygen atoms in total. The van der Waals surface area contributed by atoms with Crippen molar-refractivity contribution in [2.75, 3.05) is 0 Å². The summed E-state index contributed by atoms with van der Waals surface area (Å²) in [6.07, 6.45) is 0. The summed E-state index contributed by atoms with van der Waals surface area (Å²) in [6.45, 7) is 0. The van der Waals surface area contributed by atoms with Crippen LogP contribution in [-0.2, 0) is 0 Å². The maximum atomic E-state index is 8.44. The van der Waals surface area contributed by atoms with Crippen molar-refractivity contribution in [3.63, 3.8) is 0 Å². The van der Waals surface area contributed by atoms with E-state index in [0.717, 1.165) is 0 Å². The van der Waals surface area contributed by atoms with Gasteiger partial charge in [0.25, 0.3) is 0 Å². The summed E-state index contributed by atoms with van der Waals surface area (Å²) < 4.78 is 10.2. The fourth-order valence-corrected chi connectivity index (χ4v) is 2.56. The Kier molecular flexibility index (Phi) is 3.79. The minimum absolute atomic E-state index is 0.434. The van der Waals surface area contributed by atoms with Gasteiger partial charge in [0.05, 0.1) is 0 Å². The van der Waals surface area contributed by atoms with Crippen molar-refractivity contribution in [1.82, 2.24) is 0 Å². The Bertz CT molecular complexity index is 461. The number of nitrogens with zero attached hydrogens (tertiary/aromatic N) is 9. The molecule has 0 unspecified atom stereocenters. The number of hydrogen-bond donors (Lipinski definition) is 0. The quantitative estimate of drug-likeness (QED) is 0.324. The van der Waals surface area contributed by atoms with Gasteiger partial charge in [-0.05, 0) is 36.5 Å². The highest BCUT2D eigenvalue weighted by atomic mass is 28.4. The van der Waals surface area contributed by atoms with Crippen LogP contribution < -0.4 is 5.19 Å². The van der Waals surface area contributed by atoms with Crippen LogP contribution in [0.25, 0.3) is 31.3 Å². The van der Waals surface area contributed by atoms with E-state index in [-0.39, 0.29) is 0 Å². The van der Waals surface area contributed by atoms with E-state index in [0.29, 0.717) is 5.19 Å². The number of rotatable bonds is 4. The van der Waals surface area contributed by atoms with Crippen LogP contribution in [0.2, 0.25) is 0 Å². The van der Waals surface area contributed by atoms with Gasteiger partial charge in [0, 0.05) is 0 Å². The predicted octanol–water partition coefficient (Wildman–Crippen LogP) is 2.76. The van der Waals surface area contributed by atoms with Gasteiger partial charge in [-0.2, -0.15) is 0 Å². The first-order valence-corrected chi connectivity index (χ1v) is 5.87. The lowest BCUT2D eigenvalue weighted by molar-refractivity contribution is 1.36. The molecule has 0 fully saturated rings. The predicted molar refractivity (Wildman–Crippen MR) is 59.3 cm³/mol. The molecule has 0 N–H and O–H groups in total. The molecule has 0 atom stereocenters. The third-order valence-electron chi connectivity index (χ3n) is 1.71. The van der Waals surface area contributed by atoms with Crippen LogP contribution in [0.3, 0.4) is 0 Å². The third-order valence-corrected chi connectivity index (χ3v) is 3.93. The van der Waals surface area contributed by atoms with E-state index in [2.05, 4.69) is 29.1 Å². The molecule has 0 bridgehead atoms. The van der Waals surface area contributed by atoms with Crippen molar-refractivity contribution in [3.05, 3.63) is 61.7 Å². The third kappa shape index (κ3) is 2.24. The monoisotopic (exact) mass is 231 g/mol. The molecule has 10 heteroatoms. The van der Waals surface area contributed by atoms with Crippen molar-refractivity contribution in [2.45, 2.75) is 0 Å². The van der Waals surface area contributed by atoms with Gasteiger partial charge in [-0.15, -0.1) is 14.3 Å². The van der Waals surface area contributed by atoms with Gasteiger partial charge in [0.15, 0.2) is 0 Å². The second-order valence-electron chi connectivity index (χ2n) is 2.57. The zero-order valence-corrected chi connectivity index (χ0v) is 8.91. The Hall–Kier alpha value is -2.63. The Labute approximate surface area is 90.5 Å². The van der Waals surface area contributed by atoms with E-state index in [1.165, 1.54) is 0 Å². The summed E-state index contributed by atoms with van der Waals surface area (Å²) in [4.78, 5) is 7.74. The molecular formula is C6H5N9Si. The van der Waals surface area contributed by atoms with E-state index >= 15 is 0 Å². The van der Waals surface area contributed by atoms with Crippen molar-refractivity contribution in [3.8, 4) is 0 Å². The Balaban J connectivity index is 3.49. The Morgan fingerprint density at radius 1 is 0.812 bits per heavy atom. The molecule has 0 amide bonds. The zero-order valence-electron chi connectivity index (χ0n) is 7.91. The summed E-state index contributed by atoms with van der Waals surface area (Å²) in [5.74, 6) is 0. The second-order valence-corrected chi connectivity index (χ2v) is 5.02. The van der Waals surface area contributed by atoms with Crippen molar-refractivity contribution in [2.24, 2.45) is 14.3 Å². The average molecular weight is 231 g/mol. The lowest BCUT2D eigenvalue weighted by atomic mass is 10.4. The van der Waals surface area contributed by atoms with E-state index in [4.69, 9.17) is 16.6 Å². The summed E-state index contributed by atoms with van der Waals surface area (Å²) in [5.41, 5.74) is 25.3. The minimum atomic E-state index is -3.55. The van der Waals surface area contributed by atoms with Crippen LogP contribution in [-0.4, -0.2) is 8.56 Å². The molecule has 0 aliphatic rings. The second kappa shape index (κ2) is 5.30. The van der Waals surface area contributed by atoms with Crippen molar-refractivity contribution >= 4 is 13.7 Å². The lowest BCUT2D eigenvalue weighted by Crippen LogP contribution is -2.41. The maximum Gasteiger partial charge on any atom is 0.379 e. The molecule has 1 aromatic carbocycles. The lowest BCUT2D eigenvalue weighted by Gasteiger charge is -2.13. The van der Waals surface area contributed by atoms with Crippen LogP contribution in [0.4, 0.5) is 0 Å². The summed E-state index contributed by atoms with van der Waals surface area (Å²) in [7, 11) is -3.55. The highest BCUT2D eigenvalue weighted by Gasteiger charge is 2.33. The van der Waals surface area contributed by atoms with Gasteiger partial charge in [-0.1, -0.05) is 30.3 Å². The van der Waals surface area contributed by atoms with Crippen LogP contribution >= 0.6 is 0 Å². The Morgan fingerprint density at radius 3 is 1.62 bits per heavy atom. The smallest absolute Gasteiger partial charge is 0.105 e. The number of benzene rings is 1. The van der Waals surface area contributed by atoms with Gasteiger partial charge in [-0.3, -0.25) is 0 Å². The van der Waals surface area contributed by atoms with Gasteiger partial charge in [-0.25, -0.2) is 0 Å². The Morgan fingerprint density at radius 2 is 1.25 bits per heavy atom. The van der Waals surface area contributed by atoms with Gasteiger partial charge in [0.1, 0.15) is 0 Å². The summed E-state index contributed by atoms with van der Waals surface area (Å²) >= 11 is 0. The van der Waals surface area contributed by atoms with Crippen LogP contribution in [0.1, 0.15) is 0 Å². The fraction of sp³-hybridized carbons (Fsp3) is 0. The highest BCUT2D eigenvalue weighted by Crippen LogP contribution is 2.11. The first kappa shape index (κ1) is 11.4.